The Morgan fingerprint density at radius 1 is 1.12 bits per heavy atom. The Hall–Kier alpha value is -2.42. The highest BCUT2D eigenvalue weighted by atomic mass is 19.4. The second-order valence-corrected chi connectivity index (χ2v) is 5.97. The number of aromatic nitrogens is 2. The summed E-state index contributed by atoms with van der Waals surface area (Å²) in [7, 11) is 1.41. The molecule has 1 aliphatic heterocycles. The molecule has 0 unspecified atom stereocenters. The van der Waals surface area contributed by atoms with Crippen LogP contribution in [-0.2, 0) is 12.7 Å². The van der Waals surface area contributed by atoms with E-state index in [2.05, 4.69) is 14.9 Å². The Morgan fingerprint density at radius 3 is 2.46 bits per heavy atom. The minimum absolute atomic E-state index is 0.0787. The molecule has 0 bridgehead atoms. The molecule has 1 aliphatic rings. The first-order chi connectivity index (χ1) is 12.4. The van der Waals surface area contributed by atoms with Crippen LogP contribution in [0.4, 0.5) is 23.5 Å². The minimum Gasteiger partial charge on any atom is -0.494 e. The molecule has 0 saturated carbocycles. The van der Waals surface area contributed by atoms with Crippen LogP contribution in [0.15, 0.2) is 30.5 Å². The fourth-order valence-electron chi connectivity index (χ4n) is 2.83. The third-order valence-electron chi connectivity index (χ3n) is 4.21. The molecule has 0 N–H and O–H groups in total. The lowest BCUT2D eigenvalue weighted by Crippen LogP contribution is -2.46. The zero-order valence-corrected chi connectivity index (χ0v) is 14.1. The summed E-state index contributed by atoms with van der Waals surface area (Å²) in [4.78, 5) is 11.4. The van der Waals surface area contributed by atoms with Crippen molar-refractivity contribution < 1.29 is 22.3 Å². The fourth-order valence-corrected chi connectivity index (χ4v) is 2.83. The van der Waals surface area contributed by atoms with Crippen LogP contribution in [0.25, 0.3) is 0 Å². The van der Waals surface area contributed by atoms with Crippen LogP contribution < -0.4 is 9.64 Å². The summed E-state index contributed by atoms with van der Waals surface area (Å²) in [5.41, 5.74) is -0.134. The van der Waals surface area contributed by atoms with Crippen LogP contribution in [0, 0.1) is 5.82 Å². The van der Waals surface area contributed by atoms with Crippen LogP contribution in [0.1, 0.15) is 11.3 Å². The van der Waals surface area contributed by atoms with Gasteiger partial charge in [-0.1, -0.05) is 6.07 Å². The summed E-state index contributed by atoms with van der Waals surface area (Å²) in [5.74, 6) is -0.142. The first kappa shape index (κ1) is 18.4. The van der Waals surface area contributed by atoms with E-state index in [1.807, 2.05) is 0 Å². The highest BCUT2D eigenvalue weighted by molar-refractivity contribution is 5.32. The molecule has 3 rings (SSSR count). The van der Waals surface area contributed by atoms with Crippen molar-refractivity contribution >= 4 is 5.95 Å². The van der Waals surface area contributed by atoms with Crippen molar-refractivity contribution in [3.8, 4) is 5.75 Å². The van der Waals surface area contributed by atoms with Crippen molar-refractivity contribution in [2.75, 3.05) is 38.2 Å². The van der Waals surface area contributed by atoms with Gasteiger partial charge in [-0.25, -0.2) is 14.4 Å². The smallest absolute Gasteiger partial charge is 0.433 e. The Labute approximate surface area is 148 Å². The molecule has 0 radical (unpaired) electrons. The number of piperazine rings is 1. The molecular weight excluding hydrogens is 352 g/mol. The molecule has 0 amide bonds. The average molecular weight is 370 g/mol. The monoisotopic (exact) mass is 370 g/mol. The molecule has 2 aromatic rings. The van der Waals surface area contributed by atoms with Crippen LogP contribution in [0.2, 0.25) is 0 Å². The SMILES string of the molecule is COc1ccc(CN2CCN(c3nccc(C(F)(F)F)n3)CC2)cc1F. The van der Waals surface area contributed by atoms with Gasteiger partial charge in [-0.3, -0.25) is 4.90 Å². The van der Waals surface area contributed by atoms with Gasteiger partial charge in [-0.15, -0.1) is 0 Å². The maximum absolute atomic E-state index is 13.8. The number of hydrogen-bond acceptors (Lipinski definition) is 5. The molecule has 1 aromatic heterocycles. The van der Waals surface area contributed by atoms with Gasteiger partial charge in [-0.05, 0) is 23.8 Å². The molecule has 1 fully saturated rings. The summed E-state index contributed by atoms with van der Waals surface area (Å²) in [6, 6.07) is 5.67. The lowest BCUT2D eigenvalue weighted by Gasteiger charge is -2.34. The third-order valence-corrected chi connectivity index (χ3v) is 4.21. The van der Waals surface area contributed by atoms with Crippen LogP contribution in [0.3, 0.4) is 0 Å². The lowest BCUT2D eigenvalue weighted by atomic mass is 10.2. The Kier molecular flexibility index (Phi) is 5.26. The van der Waals surface area contributed by atoms with Crippen molar-refractivity contribution in [3.05, 3.63) is 47.5 Å². The fraction of sp³-hybridized carbons (Fsp3) is 0.412. The third kappa shape index (κ3) is 4.21. The van der Waals surface area contributed by atoms with Gasteiger partial charge in [0.1, 0.15) is 5.69 Å². The van der Waals surface area contributed by atoms with E-state index in [9.17, 15) is 17.6 Å². The number of anilines is 1. The molecule has 0 aliphatic carbocycles. The average Bonchev–Trinajstić information content (AvgIpc) is 2.62. The number of ether oxygens (including phenoxy) is 1. The lowest BCUT2D eigenvalue weighted by molar-refractivity contribution is -0.141. The molecule has 0 spiro atoms. The van der Waals surface area contributed by atoms with E-state index in [4.69, 9.17) is 4.74 Å². The van der Waals surface area contributed by atoms with Crippen LogP contribution in [-0.4, -0.2) is 48.2 Å². The van der Waals surface area contributed by atoms with Crippen molar-refractivity contribution in [1.29, 1.82) is 0 Å². The maximum atomic E-state index is 13.8. The predicted molar refractivity (Wildman–Crippen MR) is 87.5 cm³/mol. The van der Waals surface area contributed by atoms with E-state index in [0.29, 0.717) is 32.7 Å². The normalized spacial score (nSPS) is 16.0. The summed E-state index contributed by atoms with van der Waals surface area (Å²) in [6.07, 6.45) is -3.37. The largest absolute Gasteiger partial charge is 0.494 e. The van der Waals surface area contributed by atoms with Crippen molar-refractivity contribution in [2.24, 2.45) is 0 Å². The maximum Gasteiger partial charge on any atom is 0.433 e. The number of hydrogen-bond donors (Lipinski definition) is 0. The number of benzene rings is 1. The van der Waals surface area contributed by atoms with E-state index < -0.39 is 17.7 Å². The minimum atomic E-state index is -4.49. The van der Waals surface area contributed by atoms with Crippen molar-refractivity contribution in [3.63, 3.8) is 0 Å². The molecule has 140 valence electrons. The van der Waals surface area contributed by atoms with Gasteiger partial charge >= 0.3 is 6.18 Å². The molecule has 9 heteroatoms. The number of halogens is 4. The highest BCUT2D eigenvalue weighted by Gasteiger charge is 2.33. The molecule has 5 nitrogen and oxygen atoms in total. The highest BCUT2D eigenvalue weighted by Crippen LogP contribution is 2.28. The number of methoxy groups -OCH3 is 1. The van der Waals surface area contributed by atoms with Gasteiger partial charge in [0.15, 0.2) is 11.6 Å². The second-order valence-electron chi connectivity index (χ2n) is 5.97. The first-order valence-electron chi connectivity index (χ1n) is 8.07. The first-order valence-corrected chi connectivity index (χ1v) is 8.07. The van der Waals surface area contributed by atoms with Crippen molar-refractivity contribution in [1.82, 2.24) is 14.9 Å². The summed E-state index contributed by atoms with van der Waals surface area (Å²) in [6.45, 7) is 2.79. The number of nitrogens with zero attached hydrogens (tertiary/aromatic N) is 4. The van der Waals surface area contributed by atoms with E-state index in [0.717, 1.165) is 17.8 Å². The molecule has 0 atom stereocenters. The number of rotatable bonds is 4. The Balaban J connectivity index is 1.60. The molecule has 1 saturated heterocycles. The van der Waals surface area contributed by atoms with Crippen LogP contribution in [0.5, 0.6) is 5.75 Å². The Bertz CT molecular complexity index is 761. The van der Waals surface area contributed by atoms with Gasteiger partial charge in [0.05, 0.1) is 7.11 Å². The van der Waals surface area contributed by atoms with Crippen molar-refractivity contribution in [2.45, 2.75) is 12.7 Å². The van der Waals surface area contributed by atoms with Gasteiger partial charge < -0.3 is 9.64 Å². The zero-order chi connectivity index (χ0) is 18.7. The molecule has 2 heterocycles. The summed E-state index contributed by atoms with van der Waals surface area (Å²) in [5, 5.41) is 0. The van der Waals surface area contributed by atoms with E-state index in [1.165, 1.54) is 13.2 Å². The van der Waals surface area contributed by atoms with E-state index in [-0.39, 0.29) is 11.7 Å². The quantitative estimate of drug-likeness (QED) is 0.774. The van der Waals surface area contributed by atoms with E-state index >= 15 is 0 Å². The molecule has 26 heavy (non-hydrogen) atoms. The topological polar surface area (TPSA) is 41.5 Å². The Morgan fingerprint density at radius 2 is 1.85 bits per heavy atom. The van der Waals surface area contributed by atoms with Gasteiger partial charge in [0.25, 0.3) is 0 Å². The van der Waals surface area contributed by atoms with Gasteiger partial charge in [0.2, 0.25) is 5.95 Å². The molecule has 1 aromatic carbocycles. The van der Waals surface area contributed by atoms with Gasteiger partial charge in [-0.2, -0.15) is 13.2 Å². The zero-order valence-electron chi connectivity index (χ0n) is 14.1. The van der Waals surface area contributed by atoms with E-state index in [1.54, 1.807) is 17.0 Å². The summed E-state index contributed by atoms with van der Waals surface area (Å²) >= 11 is 0. The standard InChI is InChI=1S/C17H18F4N4O/c1-26-14-3-2-12(10-13(14)18)11-24-6-8-25(9-7-24)16-22-5-4-15(23-16)17(19,20)21/h2-5,10H,6-9,11H2,1H3. The second kappa shape index (κ2) is 7.45. The molecular formula is C17H18F4N4O. The number of alkyl halides is 3. The van der Waals surface area contributed by atoms with Gasteiger partial charge in [0, 0.05) is 38.9 Å². The summed E-state index contributed by atoms with van der Waals surface area (Å²) < 4.78 is 57.0. The predicted octanol–water partition coefficient (Wildman–Crippen LogP) is 2.97. The van der Waals surface area contributed by atoms with Crippen LogP contribution >= 0.6 is 0 Å².